The van der Waals surface area contributed by atoms with Crippen LogP contribution in [0.3, 0.4) is 0 Å². The summed E-state index contributed by atoms with van der Waals surface area (Å²) in [5, 5.41) is 9.11. The van der Waals surface area contributed by atoms with Crippen LogP contribution in [0.1, 0.15) is 70.4 Å². The monoisotopic (exact) mass is 1250 g/mol. The number of hydrogen-bond donors (Lipinski definition) is 6. The van der Waals surface area contributed by atoms with E-state index in [4.69, 9.17) is 28.4 Å². The average Bonchev–Trinajstić information content (AvgIpc) is 2.32. The van der Waals surface area contributed by atoms with Crippen molar-refractivity contribution in [3.05, 3.63) is 83.6 Å². The molecule has 0 bridgehead atoms. The van der Waals surface area contributed by atoms with Gasteiger partial charge in [0.1, 0.15) is 16.3 Å². The van der Waals surface area contributed by atoms with Crippen LogP contribution in [-0.4, -0.2) is 185 Å². The standard InChI is InChI=1S/C52H68N2O23S5/c1-51(2)46(53(18-7-5-6-12-48(55)56)42-15-13-38-40(49(42)51)32-36(79(60,61)62)34-44(38)81(66,67)68)10-8-11-47-52(3,17-9-31-78(57,58)59)50-41-33-37(80(63,64)65)35-45(82(69,70)71)39(41)14-16-43(50)54(47)19-20-73-23-24-75-27-28-77-30-29-76-26-25-74-22-21-72-4/h8,10-11,13-16,32-35H,5-7,9,12,17-31H2,1-4H3,(H5-,55,56,57,58,59,60,61,62,63,64,65,66,67,68,69,70,71)/p+1. The van der Waals surface area contributed by atoms with Crippen molar-refractivity contribution in [1.82, 2.24) is 0 Å². The summed E-state index contributed by atoms with van der Waals surface area (Å²) in [5.41, 5.74) is -0.145. The summed E-state index contributed by atoms with van der Waals surface area (Å²) >= 11 is 0. The molecule has 6 rings (SSSR count). The maximum atomic E-state index is 12.9. The van der Waals surface area contributed by atoms with Gasteiger partial charge in [-0.3, -0.25) is 27.6 Å². The maximum Gasteiger partial charge on any atom is 0.303 e. The topological polar surface area (TPSA) is 371 Å². The van der Waals surface area contributed by atoms with Crippen LogP contribution in [0, 0.1) is 0 Å². The van der Waals surface area contributed by atoms with Gasteiger partial charge in [0.15, 0.2) is 5.71 Å². The van der Waals surface area contributed by atoms with Gasteiger partial charge in [-0.15, -0.1) is 0 Å². The molecule has 2 aliphatic rings. The summed E-state index contributed by atoms with van der Waals surface area (Å²) < 4.78 is 213. The fourth-order valence-corrected chi connectivity index (χ4v) is 13.6. The highest BCUT2D eigenvalue weighted by atomic mass is 32.2. The zero-order chi connectivity index (χ0) is 60.5. The second-order valence-corrected chi connectivity index (χ2v) is 27.3. The highest BCUT2D eigenvalue weighted by Gasteiger charge is 2.48. The number of unbranched alkanes of at least 4 members (excludes halogenated alkanes) is 2. The molecule has 1 unspecified atom stereocenters. The number of methoxy groups -OCH3 is 1. The van der Waals surface area contributed by atoms with Crippen molar-refractivity contribution in [1.29, 1.82) is 0 Å². The Bertz CT molecular complexity index is 3690. The Morgan fingerprint density at radius 3 is 1.55 bits per heavy atom. The van der Waals surface area contributed by atoms with Gasteiger partial charge in [0.25, 0.3) is 50.6 Å². The molecule has 0 saturated carbocycles. The Labute approximate surface area is 477 Å². The van der Waals surface area contributed by atoms with Gasteiger partial charge in [-0.25, -0.2) is 0 Å². The molecule has 2 heterocycles. The number of anilines is 1. The third-order valence-corrected chi connectivity index (χ3v) is 18.3. The molecule has 4 aromatic rings. The Morgan fingerprint density at radius 1 is 0.585 bits per heavy atom. The highest BCUT2D eigenvalue weighted by molar-refractivity contribution is 7.87. The first kappa shape index (κ1) is 66.3. The van der Waals surface area contributed by atoms with E-state index >= 15 is 0 Å². The molecule has 0 radical (unpaired) electrons. The predicted octanol–water partition coefficient (Wildman–Crippen LogP) is 5.62. The third-order valence-electron chi connectivity index (χ3n) is 14.0. The molecule has 6 N–H and O–H groups in total. The number of carboxylic acid groups (broad SMARTS) is 1. The second-order valence-electron chi connectivity index (χ2n) is 20.1. The lowest BCUT2D eigenvalue weighted by molar-refractivity contribution is -0.438. The number of carbonyl (C=O) groups is 1. The van der Waals surface area contributed by atoms with Crippen LogP contribution in [0.4, 0.5) is 11.4 Å². The van der Waals surface area contributed by atoms with Crippen molar-refractivity contribution in [2.45, 2.75) is 89.7 Å². The van der Waals surface area contributed by atoms with Crippen molar-refractivity contribution in [2.75, 3.05) is 104 Å². The first-order valence-corrected chi connectivity index (χ1v) is 33.2. The molecule has 82 heavy (non-hydrogen) atoms. The van der Waals surface area contributed by atoms with Crippen molar-refractivity contribution < 1.29 is 108 Å². The van der Waals surface area contributed by atoms with Crippen LogP contribution < -0.4 is 4.90 Å². The number of fused-ring (bicyclic) bond motifs is 6. The number of nitrogens with zero attached hydrogens (tertiary/aromatic N) is 2. The van der Waals surface area contributed by atoms with Gasteiger partial charge in [0, 0.05) is 71.8 Å². The second kappa shape index (κ2) is 27.4. The molecule has 0 aliphatic carbocycles. The summed E-state index contributed by atoms with van der Waals surface area (Å²) in [7, 11) is -23.4. The number of rotatable bonds is 34. The molecule has 2 aliphatic heterocycles. The summed E-state index contributed by atoms with van der Waals surface area (Å²) in [6.07, 6.45) is 5.83. The van der Waals surface area contributed by atoms with Crippen LogP contribution in [0.25, 0.3) is 21.5 Å². The molecule has 454 valence electrons. The molecule has 25 nitrogen and oxygen atoms in total. The molecular weight excluding hydrogens is 1180 g/mol. The summed E-state index contributed by atoms with van der Waals surface area (Å²) in [5.74, 6) is -1.72. The largest absolute Gasteiger partial charge is 0.481 e. The van der Waals surface area contributed by atoms with E-state index in [9.17, 15) is 74.8 Å². The zero-order valence-corrected chi connectivity index (χ0v) is 49.6. The molecule has 0 amide bonds. The van der Waals surface area contributed by atoms with Gasteiger partial charge in [-0.1, -0.05) is 12.1 Å². The van der Waals surface area contributed by atoms with E-state index in [-0.39, 0.29) is 92.5 Å². The van der Waals surface area contributed by atoms with Crippen LogP contribution in [0.5, 0.6) is 0 Å². The van der Waals surface area contributed by atoms with Gasteiger partial charge in [0.2, 0.25) is 5.69 Å². The fourth-order valence-electron chi connectivity index (χ4n) is 10.4. The molecule has 0 spiro atoms. The Balaban J connectivity index is 1.43. The van der Waals surface area contributed by atoms with Gasteiger partial charge in [-0.2, -0.15) is 46.7 Å². The van der Waals surface area contributed by atoms with Crippen LogP contribution in [0.15, 0.2) is 92.0 Å². The smallest absolute Gasteiger partial charge is 0.303 e. The number of benzene rings is 4. The lowest BCUT2D eigenvalue weighted by Crippen LogP contribution is -2.32. The first-order chi connectivity index (χ1) is 38.3. The Hall–Kier alpha value is -4.87. The van der Waals surface area contributed by atoms with Gasteiger partial charge in [-0.05, 0) is 105 Å². The van der Waals surface area contributed by atoms with Gasteiger partial charge in [0.05, 0.1) is 93.6 Å². The average molecular weight is 1250 g/mol. The molecule has 0 aromatic heterocycles. The summed E-state index contributed by atoms with van der Waals surface area (Å²) in [6, 6.07) is 9.23. The predicted molar refractivity (Wildman–Crippen MR) is 300 cm³/mol. The minimum Gasteiger partial charge on any atom is -0.481 e. The number of aliphatic carboxylic acids is 1. The van der Waals surface area contributed by atoms with Crippen molar-refractivity contribution in [3.8, 4) is 0 Å². The fraction of sp³-hybridized carbons (Fsp3) is 0.500. The number of allylic oxidation sites excluding steroid dienone is 4. The first-order valence-electron chi connectivity index (χ1n) is 25.8. The van der Waals surface area contributed by atoms with Crippen LogP contribution >= 0.6 is 0 Å². The van der Waals surface area contributed by atoms with E-state index in [1.165, 1.54) is 18.2 Å². The molecule has 0 saturated heterocycles. The highest BCUT2D eigenvalue weighted by Crippen LogP contribution is 2.54. The lowest BCUT2D eigenvalue weighted by Gasteiger charge is -2.31. The normalized spacial score (nSPS) is 17.3. The van der Waals surface area contributed by atoms with Gasteiger partial charge >= 0.3 is 5.97 Å². The Morgan fingerprint density at radius 2 is 1.07 bits per heavy atom. The van der Waals surface area contributed by atoms with Crippen molar-refractivity contribution in [3.63, 3.8) is 0 Å². The van der Waals surface area contributed by atoms with E-state index in [1.807, 2.05) is 4.58 Å². The Kier molecular flexibility index (Phi) is 22.2. The quantitative estimate of drug-likeness (QED) is 0.0188. The minimum absolute atomic E-state index is 0.00683. The summed E-state index contributed by atoms with van der Waals surface area (Å²) in [6.45, 7) is 8.75. The third kappa shape index (κ3) is 16.5. The van der Waals surface area contributed by atoms with Gasteiger partial charge < -0.3 is 38.4 Å². The van der Waals surface area contributed by atoms with E-state index in [2.05, 4.69) is 0 Å². The minimum atomic E-state index is -5.18. The van der Waals surface area contributed by atoms with E-state index < -0.39 is 92.7 Å². The van der Waals surface area contributed by atoms with Crippen LogP contribution in [0.2, 0.25) is 0 Å². The van der Waals surface area contributed by atoms with Crippen molar-refractivity contribution >= 4 is 95.2 Å². The van der Waals surface area contributed by atoms with E-state index in [1.54, 1.807) is 57.1 Å². The zero-order valence-electron chi connectivity index (χ0n) is 45.6. The maximum absolute atomic E-state index is 12.9. The van der Waals surface area contributed by atoms with E-state index in [0.717, 1.165) is 12.1 Å². The van der Waals surface area contributed by atoms with Crippen molar-refractivity contribution in [2.24, 2.45) is 0 Å². The van der Waals surface area contributed by atoms with E-state index in [0.29, 0.717) is 99.4 Å². The molecule has 30 heteroatoms. The number of carboxylic acids is 1. The molecular formula is C52H69N2O23S5+. The molecule has 1 atom stereocenters. The number of hydrogen-bond acceptors (Lipinski definition) is 18. The molecule has 4 aromatic carbocycles. The van der Waals surface area contributed by atoms with Crippen LogP contribution in [-0.2, 0) is 94.6 Å². The SMILES string of the molecule is COCCOCCOCCOCCOCCOCCN1/C(=C/C=C/C2=[N+](CCCCCC(=O)O)c3ccc4c(S(=O)(=O)O)cc(S(=O)(=O)O)cc4c3C2(C)C)C(C)(CCCS(=O)(=O)O)c2c1ccc1c(S(=O)(=O)O)cc(S(=O)(=O)O)cc21. The number of ether oxygens (including phenoxy) is 6. The summed E-state index contributed by atoms with van der Waals surface area (Å²) in [4.78, 5) is 9.85. The lowest BCUT2D eigenvalue weighted by atomic mass is 9.75. The molecule has 0 fully saturated rings.